The Morgan fingerprint density at radius 1 is 1.14 bits per heavy atom. The minimum Gasteiger partial charge on any atom is -0.479 e. The summed E-state index contributed by atoms with van der Waals surface area (Å²) >= 11 is 0. The summed E-state index contributed by atoms with van der Waals surface area (Å²) in [5, 5.41) is 9.36. The lowest BCUT2D eigenvalue weighted by Gasteiger charge is -2.34. The molecule has 0 bridgehead atoms. The number of carbonyl (C=O) groups excluding carboxylic acids is 2. The second kappa shape index (κ2) is 9.69. The monoisotopic (exact) mass is 497 g/mol. The SMILES string of the molecule is CC(OC(=O)OC1CCCCC1)OC(=O)[C@]1(N)C(OCc2ccc(F)cc2)C[C@@H]2[C@H]1[C@@]2(F)C(=O)O. The molecule has 0 spiro atoms. The van der Waals surface area contributed by atoms with Crippen LogP contribution in [0.25, 0.3) is 0 Å². The van der Waals surface area contributed by atoms with Gasteiger partial charge in [0.2, 0.25) is 12.0 Å². The first-order valence-electron chi connectivity index (χ1n) is 11.7. The number of alkyl halides is 1. The second-order valence-corrected chi connectivity index (χ2v) is 9.47. The molecule has 192 valence electrons. The van der Waals surface area contributed by atoms with Gasteiger partial charge in [0.25, 0.3) is 0 Å². The van der Waals surface area contributed by atoms with Gasteiger partial charge in [0.05, 0.1) is 12.7 Å². The molecule has 3 fully saturated rings. The Morgan fingerprint density at radius 2 is 1.80 bits per heavy atom. The largest absolute Gasteiger partial charge is 0.511 e. The predicted octanol–water partition coefficient (Wildman–Crippen LogP) is 3.23. The van der Waals surface area contributed by atoms with Crippen LogP contribution < -0.4 is 5.73 Å². The van der Waals surface area contributed by atoms with E-state index < -0.39 is 59.3 Å². The van der Waals surface area contributed by atoms with Crippen molar-refractivity contribution < 1.29 is 47.2 Å². The molecule has 0 aromatic heterocycles. The molecule has 0 saturated heterocycles. The number of fused-ring (bicyclic) bond motifs is 1. The smallest absolute Gasteiger partial charge is 0.479 e. The lowest BCUT2D eigenvalue weighted by Crippen LogP contribution is -2.61. The van der Waals surface area contributed by atoms with Gasteiger partial charge in [0, 0.05) is 18.8 Å². The highest BCUT2D eigenvalue weighted by Crippen LogP contribution is 2.67. The van der Waals surface area contributed by atoms with Gasteiger partial charge < -0.3 is 29.8 Å². The van der Waals surface area contributed by atoms with E-state index in [-0.39, 0.29) is 19.1 Å². The number of hydrogen-bond donors (Lipinski definition) is 2. The number of carboxylic acid groups (broad SMARTS) is 1. The molecule has 0 aliphatic heterocycles. The number of ether oxygens (including phenoxy) is 4. The number of carbonyl (C=O) groups is 3. The van der Waals surface area contributed by atoms with Crippen molar-refractivity contribution in [3.63, 3.8) is 0 Å². The fourth-order valence-electron chi connectivity index (χ4n) is 5.33. The van der Waals surface area contributed by atoms with Crippen LogP contribution in [0.5, 0.6) is 0 Å². The third kappa shape index (κ3) is 4.84. The number of esters is 1. The molecule has 6 atom stereocenters. The van der Waals surface area contributed by atoms with Crippen LogP contribution in [0.15, 0.2) is 24.3 Å². The van der Waals surface area contributed by atoms with Crippen LogP contribution in [0.2, 0.25) is 0 Å². The van der Waals surface area contributed by atoms with Crippen molar-refractivity contribution in [2.45, 2.75) is 81.8 Å². The van der Waals surface area contributed by atoms with Gasteiger partial charge in [-0.3, -0.25) is 0 Å². The van der Waals surface area contributed by atoms with Crippen molar-refractivity contribution >= 4 is 18.1 Å². The summed E-state index contributed by atoms with van der Waals surface area (Å²) in [6, 6.07) is 5.42. The maximum absolute atomic E-state index is 15.1. The Hall–Kier alpha value is -2.79. The molecule has 1 aromatic carbocycles. The van der Waals surface area contributed by atoms with Crippen LogP contribution in [-0.4, -0.2) is 52.9 Å². The summed E-state index contributed by atoms with van der Waals surface area (Å²) in [7, 11) is 0. The molecule has 3 aliphatic rings. The van der Waals surface area contributed by atoms with Gasteiger partial charge in [0.1, 0.15) is 17.5 Å². The zero-order valence-electron chi connectivity index (χ0n) is 19.3. The summed E-state index contributed by atoms with van der Waals surface area (Å²) < 4.78 is 49.4. The average molecular weight is 497 g/mol. The minimum atomic E-state index is -2.69. The molecule has 3 N–H and O–H groups in total. The van der Waals surface area contributed by atoms with E-state index in [1.54, 1.807) is 0 Å². The van der Waals surface area contributed by atoms with Crippen molar-refractivity contribution in [1.82, 2.24) is 0 Å². The third-order valence-electron chi connectivity index (χ3n) is 7.20. The fourth-order valence-corrected chi connectivity index (χ4v) is 5.33. The minimum absolute atomic E-state index is 0.0667. The van der Waals surface area contributed by atoms with Crippen molar-refractivity contribution in [3.8, 4) is 0 Å². The van der Waals surface area contributed by atoms with Crippen LogP contribution in [0, 0.1) is 17.7 Å². The number of hydrogen-bond acceptors (Lipinski definition) is 8. The normalized spacial score (nSPS) is 32.9. The van der Waals surface area contributed by atoms with Gasteiger partial charge in [-0.2, -0.15) is 0 Å². The Labute approximate surface area is 200 Å². The van der Waals surface area contributed by atoms with Crippen LogP contribution in [0.4, 0.5) is 13.6 Å². The Morgan fingerprint density at radius 3 is 2.43 bits per heavy atom. The Balaban J connectivity index is 1.41. The molecule has 9 nitrogen and oxygen atoms in total. The zero-order chi connectivity index (χ0) is 25.4. The third-order valence-corrected chi connectivity index (χ3v) is 7.20. The molecule has 0 heterocycles. The molecule has 1 aromatic rings. The van der Waals surface area contributed by atoms with E-state index in [2.05, 4.69) is 0 Å². The lowest BCUT2D eigenvalue weighted by molar-refractivity contribution is -0.183. The molecule has 0 amide bonds. The van der Waals surface area contributed by atoms with Gasteiger partial charge in [0.15, 0.2) is 0 Å². The van der Waals surface area contributed by atoms with E-state index in [1.807, 2.05) is 0 Å². The quantitative estimate of drug-likeness (QED) is 0.410. The standard InChI is InChI=1S/C24H29F2NO8/c1-13(34-22(31)35-16-5-3-2-4-6-16)33-21(30)24(27)18(11-17-19(24)23(17,26)20(28)29)32-12-14-7-9-15(25)10-8-14/h7-10,13,16-19H,2-6,11-12,27H2,1H3,(H,28,29)/t13?,17-,18?,19+,23-,24+/m1/s1. The molecule has 35 heavy (non-hydrogen) atoms. The van der Waals surface area contributed by atoms with Crippen molar-refractivity contribution in [2.24, 2.45) is 17.6 Å². The van der Waals surface area contributed by atoms with E-state index in [1.165, 1.54) is 31.2 Å². The highest BCUT2D eigenvalue weighted by molar-refractivity contribution is 5.91. The van der Waals surface area contributed by atoms with E-state index in [0.717, 1.165) is 32.1 Å². The molecule has 4 rings (SSSR count). The van der Waals surface area contributed by atoms with E-state index in [4.69, 9.17) is 24.7 Å². The summed E-state index contributed by atoms with van der Waals surface area (Å²) in [6.07, 6.45) is 0.511. The number of halogens is 2. The lowest BCUT2D eigenvalue weighted by atomic mass is 9.87. The van der Waals surface area contributed by atoms with Gasteiger partial charge in [-0.05, 0) is 49.8 Å². The molecular weight excluding hydrogens is 468 g/mol. The number of carboxylic acids is 1. The van der Waals surface area contributed by atoms with E-state index in [9.17, 15) is 23.9 Å². The maximum Gasteiger partial charge on any atom is 0.511 e. The molecule has 11 heteroatoms. The number of aliphatic carboxylic acids is 1. The van der Waals surface area contributed by atoms with Gasteiger partial charge in [-0.1, -0.05) is 18.6 Å². The molecule has 3 aliphatic carbocycles. The van der Waals surface area contributed by atoms with Crippen LogP contribution >= 0.6 is 0 Å². The van der Waals surface area contributed by atoms with Crippen LogP contribution in [-0.2, 0) is 35.1 Å². The second-order valence-electron chi connectivity index (χ2n) is 9.47. The Kier molecular flexibility index (Phi) is 7.01. The van der Waals surface area contributed by atoms with Crippen molar-refractivity contribution in [3.05, 3.63) is 35.6 Å². The molecule has 3 saturated carbocycles. The van der Waals surface area contributed by atoms with Gasteiger partial charge in [-0.15, -0.1) is 0 Å². The van der Waals surface area contributed by atoms with E-state index >= 15 is 4.39 Å². The number of benzene rings is 1. The molecule has 0 radical (unpaired) electrons. The summed E-state index contributed by atoms with van der Waals surface area (Å²) in [5.41, 5.74) is 2.08. The highest BCUT2D eigenvalue weighted by Gasteiger charge is 2.85. The van der Waals surface area contributed by atoms with Crippen molar-refractivity contribution in [2.75, 3.05) is 0 Å². The van der Waals surface area contributed by atoms with Crippen molar-refractivity contribution in [1.29, 1.82) is 0 Å². The molecular formula is C24H29F2NO8. The van der Waals surface area contributed by atoms with E-state index in [0.29, 0.717) is 5.56 Å². The highest BCUT2D eigenvalue weighted by atomic mass is 19.1. The summed E-state index contributed by atoms with van der Waals surface area (Å²) in [5.74, 6) is -5.71. The van der Waals surface area contributed by atoms with Gasteiger partial charge in [-0.25, -0.2) is 23.2 Å². The first-order chi connectivity index (χ1) is 16.6. The fraction of sp³-hybridized carbons (Fsp3) is 0.625. The maximum atomic E-state index is 15.1. The van der Waals surface area contributed by atoms with Gasteiger partial charge >= 0.3 is 18.1 Å². The Bertz CT molecular complexity index is 969. The summed E-state index contributed by atoms with van der Waals surface area (Å²) in [4.78, 5) is 36.7. The topological polar surface area (TPSA) is 134 Å². The first kappa shape index (κ1) is 25.3. The first-order valence-corrected chi connectivity index (χ1v) is 11.7. The summed E-state index contributed by atoms with van der Waals surface area (Å²) in [6.45, 7) is 1.21. The van der Waals surface area contributed by atoms with Crippen LogP contribution in [0.3, 0.4) is 0 Å². The van der Waals surface area contributed by atoms with Crippen LogP contribution in [0.1, 0.15) is 51.0 Å². The average Bonchev–Trinajstić information content (AvgIpc) is 3.29. The molecule has 2 unspecified atom stereocenters. The predicted molar refractivity (Wildman–Crippen MR) is 115 cm³/mol. The number of rotatable bonds is 8. The number of nitrogens with two attached hydrogens (primary N) is 1. The zero-order valence-corrected chi connectivity index (χ0v) is 19.3.